The first-order valence-corrected chi connectivity index (χ1v) is 6.65. The maximum Gasteiger partial charge on any atom is 0.114 e. The van der Waals surface area contributed by atoms with Crippen LogP contribution in [0.15, 0.2) is 6.20 Å². The fraction of sp³-hybridized carbons (Fsp3) is 0.769. The minimum atomic E-state index is 0.219. The highest BCUT2D eigenvalue weighted by Crippen LogP contribution is 2.27. The molecule has 3 rings (SSSR count). The van der Waals surface area contributed by atoms with Crippen LogP contribution in [-0.4, -0.2) is 34.0 Å². The molecule has 2 atom stereocenters. The van der Waals surface area contributed by atoms with Crippen LogP contribution < -0.4 is 0 Å². The van der Waals surface area contributed by atoms with Crippen LogP contribution in [0.1, 0.15) is 43.1 Å². The van der Waals surface area contributed by atoms with E-state index in [2.05, 4.69) is 15.7 Å². The number of imidazole rings is 1. The molecular formula is C13H20N2O2. The van der Waals surface area contributed by atoms with E-state index in [4.69, 9.17) is 4.74 Å². The fourth-order valence-electron chi connectivity index (χ4n) is 2.94. The van der Waals surface area contributed by atoms with Crippen molar-refractivity contribution in [2.45, 2.75) is 50.7 Å². The zero-order valence-electron chi connectivity index (χ0n) is 10.1. The maximum atomic E-state index is 9.35. The average molecular weight is 236 g/mol. The van der Waals surface area contributed by atoms with Gasteiger partial charge in [0.25, 0.3) is 0 Å². The molecule has 0 amide bonds. The number of hydrogen-bond donors (Lipinski definition) is 1. The standard InChI is InChI=1S/C13H20N2O2/c16-9-10-3-1-5-15-8-11(14-13(10)15)7-12-4-2-6-17-12/h8,10,12,16H,1-7,9H2. The lowest BCUT2D eigenvalue weighted by Crippen LogP contribution is -2.18. The van der Waals surface area contributed by atoms with Crippen LogP contribution in [0.25, 0.3) is 0 Å². The fourth-order valence-corrected chi connectivity index (χ4v) is 2.94. The Balaban J connectivity index is 1.75. The molecule has 0 bridgehead atoms. The summed E-state index contributed by atoms with van der Waals surface area (Å²) in [6.07, 6.45) is 7.99. The van der Waals surface area contributed by atoms with Gasteiger partial charge in [0.2, 0.25) is 0 Å². The first kappa shape index (κ1) is 11.2. The number of aryl methyl sites for hydroxylation is 1. The van der Waals surface area contributed by atoms with E-state index in [1.807, 2.05) is 0 Å². The van der Waals surface area contributed by atoms with Gasteiger partial charge in [0.05, 0.1) is 18.4 Å². The monoisotopic (exact) mass is 236 g/mol. The number of ether oxygens (including phenoxy) is 1. The minimum Gasteiger partial charge on any atom is -0.396 e. The molecule has 0 spiro atoms. The topological polar surface area (TPSA) is 47.3 Å². The molecule has 1 fully saturated rings. The van der Waals surface area contributed by atoms with Crippen molar-refractivity contribution in [3.8, 4) is 0 Å². The van der Waals surface area contributed by atoms with Crippen molar-refractivity contribution in [1.82, 2.24) is 9.55 Å². The summed E-state index contributed by atoms with van der Waals surface area (Å²) in [6, 6.07) is 0. The number of rotatable bonds is 3. The molecule has 0 aromatic carbocycles. The molecule has 0 radical (unpaired) electrons. The Morgan fingerprint density at radius 3 is 3.12 bits per heavy atom. The van der Waals surface area contributed by atoms with Gasteiger partial charge in [-0.15, -0.1) is 0 Å². The van der Waals surface area contributed by atoms with E-state index in [-0.39, 0.29) is 12.5 Å². The molecular weight excluding hydrogens is 216 g/mol. The van der Waals surface area contributed by atoms with Crippen LogP contribution in [0.4, 0.5) is 0 Å². The lowest BCUT2D eigenvalue weighted by Gasteiger charge is -2.21. The Kier molecular flexibility index (Phi) is 3.16. The van der Waals surface area contributed by atoms with Gasteiger partial charge in [-0.1, -0.05) is 0 Å². The summed E-state index contributed by atoms with van der Waals surface area (Å²) in [5, 5.41) is 9.35. The van der Waals surface area contributed by atoms with Gasteiger partial charge < -0.3 is 14.4 Å². The number of nitrogens with zero attached hydrogens (tertiary/aromatic N) is 2. The molecule has 94 valence electrons. The van der Waals surface area contributed by atoms with Gasteiger partial charge in [-0.25, -0.2) is 4.98 Å². The maximum absolute atomic E-state index is 9.35. The third kappa shape index (κ3) is 2.24. The summed E-state index contributed by atoms with van der Waals surface area (Å²) in [5.41, 5.74) is 1.13. The molecule has 1 saturated heterocycles. The van der Waals surface area contributed by atoms with Gasteiger partial charge >= 0.3 is 0 Å². The summed E-state index contributed by atoms with van der Waals surface area (Å²) in [6.45, 7) is 2.16. The number of fused-ring (bicyclic) bond motifs is 1. The normalized spacial score (nSPS) is 28.3. The highest BCUT2D eigenvalue weighted by molar-refractivity contribution is 5.11. The van der Waals surface area contributed by atoms with E-state index in [0.29, 0.717) is 6.10 Å². The van der Waals surface area contributed by atoms with Crippen LogP contribution in [0.2, 0.25) is 0 Å². The van der Waals surface area contributed by atoms with Crippen molar-refractivity contribution in [3.63, 3.8) is 0 Å². The largest absolute Gasteiger partial charge is 0.396 e. The van der Waals surface area contributed by atoms with Crippen LogP contribution in [-0.2, 0) is 17.7 Å². The summed E-state index contributed by atoms with van der Waals surface area (Å²) in [4.78, 5) is 4.69. The molecule has 1 N–H and O–H groups in total. The Hall–Kier alpha value is -0.870. The van der Waals surface area contributed by atoms with Crippen LogP contribution in [0.3, 0.4) is 0 Å². The molecule has 4 heteroatoms. The van der Waals surface area contributed by atoms with Gasteiger partial charge in [-0.2, -0.15) is 0 Å². The summed E-state index contributed by atoms with van der Waals surface area (Å²) >= 11 is 0. The third-order valence-electron chi connectivity index (χ3n) is 3.86. The highest BCUT2D eigenvalue weighted by Gasteiger charge is 2.24. The van der Waals surface area contributed by atoms with Crippen LogP contribution >= 0.6 is 0 Å². The number of aliphatic hydroxyl groups excluding tert-OH is 1. The molecule has 1 aromatic heterocycles. The molecule has 4 nitrogen and oxygen atoms in total. The predicted molar refractivity (Wildman–Crippen MR) is 64.0 cm³/mol. The van der Waals surface area contributed by atoms with Crippen LogP contribution in [0.5, 0.6) is 0 Å². The van der Waals surface area contributed by atoms with Crippen molar-refractivity contribution in [3.05, 3.63) is 17.7 Å². The van der Waals surface area contributed by atoms with Gasteiger partial charge in [-0.3, -0.25) is 0 Å². The highest BCUT2D eigenvalue weighted by atomic mass is 16.5. The average Bonchev–Trinajstić information content (AvgIpc) is 2.97. The molecule has 17 heavy (non-hydrogen) atoms. The third-order valence-corrected chi connectivity index (χ3v) is 3.86. The molecule has 2 aliphatic rings. The Morgan fingerprint density at radius 2 is 2.35 bits per heavy atom. The Labute approximate surface area is 102 Å². The van der Waals surface area contributed by atoms with Crippen molar-refractivity contribution >= 4 is 0 Å². The van der Waals surface area contributed by atoms with Gasteiger partial charge in [0.1, 0.15) is 5.82 Å². The van der Waals surface area contributed by atoms with Gasteiger partial charge in [0.15, 0.2) is 0 Å². The second-order valence-electron chi connectivity index (χ2n) is 5.14. The number of aromatic nitrogens is 2. The zero-order chi connectivity index (χ0) is 11.7. The van der Waals surface area contributed by atoms with E-state index < -0.39 is 0 Å². The minimum absolute atomic E-state index is 0.219. The van der Waals surface area contributed by atoms with E-state index in [1.54, 1.807) is 0 Å². The van der Waals surface area contributed by atoms with E-state index >= 15 is 0 Å². The first-order chi connectivity index (χ1) is 8.36. The molecule has 0 saturated carbocycles. The summed E-state index contributed by atoms with van der Waals surface area (Å²) < 4.78 is 7.86. The van der Waals surface area contributed by atoms with Gasteiger partial charge in [-0.05, 0) is 25.7 Å². The quantitative estimate of drug-likeness (QED) is 0.864. The number of aliphatic hydroxyl groups is 1. The smallest absolute Gasteiger partial charge is 0.114 e. The molecule has 0 aliphatic carbocycles. The molecule has 2 unspecified atom stereocenters. The van der Waals surface area contributed by atoms with Crippen molar-refractivity contribution in [2.24, 2.45) is 0 Å². The Morgan fingerprint density at radius 1 is 1.41 bits per heavy atom. The lowest BCUT2D eigenvalue weighted by atomic mass is 10.0. The second kappa shape index (κ2) is 4.78. The zero-order valence-corrected chi connectivity index (χ0v) is 10.1. The van der Waals surface area contributed by atoms with E-state index in [9.17, 15) is 5.11 Å². The SMILES string of the molecule is OCC1CCCn2cc(CC3CCCO3)nc21. The van der Waals surface area contributed by atoms with Crippen LogP contribution in [0, 0.1) is 0 Å². The van der Waals surface area contributed by atoms with Crippen molar-refractivity contribution in [1.29, 1.82) is 0 Å². The number of hydrogen-bond acceptors (Lipinski definition) is 3. The summed E-state index contributed by atoms with van der Waals surface area (Å²) in [5.74, 6) is 1.31. The van der Waals surface area contributed by atoms with Crippen molar-refractivity contribution in [2.75, 3.05) is 13.2 Å². The predicted octanol–water partition coefficient (Wildman–Crippen LogP) is 1.47. The van der Waals surface area contributed by atoms with Gasteiger partial charge in [0, 0.05) is 31.7 Å². The molecule has 3 heterocycles. The molecule has 1 aromatic rings. The summed E-state index contributed by atoms with van der Waals surface area (Å²) in [7, 11) is 0. The lowest BCUT2D eigenvalue weighted by molar-refractivity contribution is 0.110. The second-order valence-corrected chi connectivity index (χ2v) is 5.14. The molecule has 2 aliphatic heterocycles. The van der Waals surface area contributed by atoms with E-state index in [1.165, 1.54) is 6.42 Å². The Bertz CT molecular complexity index is 383. The van der Waals surface area contributed by atoms with E-state index in [0.717, 1.165) is 50.4 Å². The first-order valence-electron chi connectivity index (χ1n) is 6.65. The van der Waals surface area contributed by atoms with Crippen molar-refractivity contribution < 1.29 is 9.84 Å².